The van der Waals surface area contributed by atoms with Gasteiger partial charge in [-0.1, -0.05) is 15.9 Å². The maximum atomic E-state index is 11.6. The van der Waals surface area contributed by atoms with Gasteiger partial charge in [0.1, 0.15) is 0 Å². The molecule has 20 heavy (non-hydrogen) atoms. The van der Waals surface area contributed by atoms with Crippen LogP contribution in [0.25, 0.3) is 0 Å². The highest BCUT2D eigenvalue weighted by atomic mass is 79.9. The van der Waals surface area contributed by atoms with E-state index in [1.54, 1.807) is 6.07 Å². The molecular formula is C13H17BrN2O4. The van der Waals surface area contributed by atoms with Crippen LogP contribution in [0, 0.1) is 0 Å². The average molecular weight is 345 g/mol. The van der Waals surface area contributed by atoms with Crippen LogP contribution in [0.15, 0.2) is 22.7 Å². The van der Waals surface area contributed by atoms with Gasteiger partial charge in [0, 0.05) is 16.7 Å². The molecule has 0 heterocycles. The molecule has 1 rings (SSSR count). The van der Waals surface area contributed by atoms with Crippen molar-refractivity contribution in [3.05, 3.63) is 28.2 Å². The number of amides is 2. The number of carboxylic acid groups (broad SMARTS) is 1. The summed E-state index contributed by atoms with van der Waals surface area (Å²) in [4.78, 5) is 22.5. The smallest absolute Gasteiger partial charge is 0.335 e. The molecule has 6 nitrogen and oxygen atoms in total. The third kappa shape index (κ3) is 6.03. The van der Waals surface area contributed by atoms with Crippen LogP contribution in [0.3, 0.4) is 0 Å². The van der Waals surface area contributed by atoms with Crippen LogP contribution in [0.5, 0.6) is 0 Å². The quantitative estimate of drug-likeness (QED) is 0.692. The molecule has 2 amide bonds. The SMILES string of the molecule is CC(C)OCCNC(=O)Nc1cc(Br)cc(C(=O)O)c1. The molecule has 1 aromatic carbocycles. The Morgan fingerprint density at radius 2 is 2.05 bits per heavy atom. The highest BCUT2D eigenvalue weighted by Gasteiger charge is 2.08. The number of aromatic carboxylic acids is 1. The van der Waals surface area contributed by atoms with Crippen molar-refractivity contribution in [1.82, 2.24) is 5.32 Å². The molecule has 0 atom stereocenters. The Labute approximate surface area is 125 Å². The van der Waals surface area contributed by atoms with Gasteiger partial charge in [-0.3, -0.25) is 0 Å². The van der Waals surface area contributed by atoms with Gasteiger partial charge < -0.3 is 20.5 Å². The molecule has 0 bridgehead atoms. The second-order valence-corrected chi connectivity index (χ2v) is 5.25. The number of urea groups is 1. The zero-order valence-corrected chi connectivity index (χ0v) is 12.9. The van der Waals surface area contributed by atoms with Gasteiger partial charge in [-0.15, -0.1) is 0 Å². The van der Waals surface area contributed by atoms with Crippen LogP contribution in [0.2, 0.25) is 0 Å². The number of hydrogen-bond donors (Lipinski definition) is 3. The van der Waals surface area contributed by atoms with E-state index in [0.717, 1.165) is 0 Å². The Kier molecular flexibility index (Phi) is 6.47. The first-order valence-electron chi connectivity index (χ1n) is 6.09. The van der Waals surface area contributed by atoms with E-state index in [-0.39, 0.29) is 11.7 Å². The topological polar surface area (TPSA) is 87.7 Å². The lowest BCUT2D eigenvalue weighted by Gasteiger charge is -2.10. The van der Waals surface area contributed by atoms with E-state index in [4.69, 9.17) is 9.84 Å². The van der Waals surface area contributed by atoms with Crippen molar-refractivity contribution >= 4 is 33.6 Å². The number of nitrogens with one attached hydrogen (secondary N) is 2. The Morgan fingerprint density at radius 3 is 2.65 bits per heavy atom. The van der Waals surface area contributed by atoms with E-state index in [1.807, 2.05) is 13.8 Å². The third-order valence-corrected chi connectivity index (χ3v) is 2.70. The first-order valence-corrected chi connectivity index (χ1v) is 6.88. The van der Waals surface area contributed by atoms with Crippen molar-refractivity contribution in [3.63, 3.8) is 0 Å². The fourth-order valence-corrected chi connectivity index (χ4v) is 1.91. The zero-order valence-electron chi connectivity index (χ0n) is 11.3. The predicted octanol–water partition coefficient (Wildman–Crippen LogP) is 2.69. The first-order chi connectivity index (χ1) is 9.38. The van der Waals surface area contributed by atoms with Crippen LogP contribution >= 0.6 is 15.9 Å². The van der Waals surface area contributed by atoms with Crippen LogP contribution in [-0.2, 0) is 4.74 Å². The molecule has 0 saturated heterocycles. The number of carbonyl (C=O) groups is 2. The molecule has 0 spiro atoms. The number of benzene rings is 1. The Morgan fingerprint density at radius 1 is 1.35 bits per heavy atom. The molecule has 1 aromatic rings. The number of ether oxygens (including phenoxy) is 1. The summed E-state index contributed by atoms with van der Waals surface area (Å²) in [6.07, 6.45) is 0.114. The summed E-state index contributed by atoms with van der Waals surface area (Å²) < 4.78 is 5.86. The van der Waals surface area contributed by atoms with E-state index in [2.05, 4.69) is 26.6 Å². The van der Waals surface area contributed by atoms with Crippen molar-refractivity contribution in [2.75, 3.05) is 18.5 Å². The second-order valence-electron chi connectivity index (χ2n) is 4.33. The molecule has 110 valence electrons. The van der Waals surface area contributed by atoms with E-state index in [9.17, 15) is 9.59 Å². The van der Waals surface area contributed by atoms with Gasteiger partial charge in [-0.05, 0) is 32.0 Å². The predicted molar refractivity (Wildman–Crippen MR) is 79.2 cm³/mol. The van der Waals surface area contributed by atoms with Gasteiger partial charge in [-0.2, -0.15) is 0 Å². The van der Waals surface area contributed by atoms with Crippen LogP contribution < -0.4 is 10.6 Å². The third-order valence-electron chi connectivity index (χ3n) is 2.24. The molecule has 7 heteroatoms. The number of rotatable bonds is 6. The number of hydrogen-bond acceptors (Lipinski definition) is 3. The summed E-state index contributed by atoms with van der Waals surface area (Å²) in [6, 6.07) is 4.06. The number of carbonyl (C=O) groups excluding carboxylic acids is 1. The van der Waals surface area contributed by atoms with Crippen molar-refractivity contribution in [2.45, 2.75) is 20.0 Å². The van der Waals surface area contributed by atoms with Gasteiger partial charge in [0.25, 0.3) is 0 Å². The molecular weight excluding hydrogens is 328 g/mol. The average Bonchev–Trinajstić information content (AvgIpc) is 2.33. The van der Waals surface area contributed by atoms with E-state index >= 15 is 0 Å². The normalized spacial score (nSPS) is 10.4. The minimum atomic E-state index is -1.06. The van der Waals surface area contributed by atoms with Gasteiger partial charge in [0.15, 0.2) is 0 Å². The Hall–Kier alpha value is -1.60. The van der Waals surface area contributed by atoms with Crippen molar-refractivity contribution in [3.8, 4) is 0 Å². The minimum Gasteiger partial charge on any atom is -0.478 e. The van der Waals surface area contributed by atoms with Crippen molar-refractivity contribution < 1.29 is 19.4 Å². The molecule has 3 N–H and O–H groups in total. The lowest BCUT2D eigenvalue weighted by molar-refractivity contribution is 0.0696. The van der Waals surface area contributed by atoms with Crippen LogP contribution in [-0.4, -0.2) is 36.4 Å². The largest absolute Gasteiger partial charge is 0.478 e. The van der Waals surface area contributed by atoms with Crippen molar-refractivity contribution in [2.24, 2.45) is 0 Å². The molecule has 0 fully saturated rings. The first kappa shape index (κ1) is 16.5. The van der Waals surface area contributed by atoms with E-state index < -0.39 is 12.0 Å². The molecule has 0 saturated carbocycles. The number of carboxylic acids is 1. The van der Waals surface area contributed by atoms with Gasteiger partial charge in [0.05, 0.1) is 18.3 Å². The monoisotopic (exact) mass is 344 g/mol. The molecule has 0 aliphatic rings. The number of anilines is 1. The fourth-order valence-electron chi connectivity index (χ4n) is 1.42. The molecule has 0 unspecified atom stereocenters. The molecule has 0 radical (unpaired) electrons. The summed E-state index contributed by atoms with van der Waals surface area (Å²) in [6.45, 7) is 4.62. The van der Waals surface area contributed by atoms with Gasteiger partial charge >= 0.3 is 12.0 Å². The van der Waals surface area contributed by atoms with Gasteiger partial charge in [-0.25, -0.2) is 9.59 Å². The highest BCUT2D eigenvalue weighted by molar-refractivity contribution is 9.10. The summed E-state index contributed by atoms with van der Waals surface area (Å²) in [5, 5.41) is 14.1. The fraction of sp³-hybridized carbons (Fsp3) is 0.385. The van der Waals surface area contributed by atoms with Crippen molar-refractivity contribution in [1.29, 1.82) is 0 Å². The molecule has 0 aliphatic carbocycles. The molecule has 0 aromatic heterocycles. The molecule has 0 aliphatic heterocycles. The van der Waals surface area contributed by atoms with Crippen LogP contribution in [0.4, 0.5) is 10.5 Å². The van der Waals surface area contributed by atoms with Crippen LogP contribution in [0.1, 0.15) is 24.2 Å². The van der Waals surface area contributed by atoms with Gasteiger partial charge in [0.2, 0.25) is 0 Å². The summed E-state index contributed by atoms with van der Waals surface area (Å²) in [7, 11) is 0. The summed E-state index contributed by atoms with van der Waals surface area (Å²) in [5.74, 6) is -1.06. The highest BCUT2D eigenvalue weighted by Crippen LogP contribution is 2.19. The standard InChI is InChI=1S/C13H17BrN2O4/c1-8(2)20-4-3-15-13(19)16-11-6-9(12(17)18)5-10(14)7-11/h5-8H,3-4H2,1-2H3,(H,17,18)(H2,15,16,19). The zero-order chi connectivity index (χ0) is 15.1. The number of halogens is 1. The second kappa shape index (κ2) is 7.86. The minimum absolute atomic E-state index is 0.0952. The lowest BCUT2D eigenvalue weighted by Crippen LogP contribution is -2.32. The maximum absolute atomic E-state index is 11.6. The maximum Gasteiger partial charge on any atom is 0.335 e. The Balaban J connectivity index is 2.51. The summed E-state index contributed by atoms with van der Waals surface area (Å²) in [5.41, 5.74) is 0.497. The Bertz CT molecular complexity index is 491. The lowest BCUT2D eigenvalue weighted by atomic mass is 10.2. The van der Waals surface area contributed by atoms with E-state index in [0.29, 0.717) is 23.3 Å². The summed E-state index contributed by atoms with van der Waals surface area (Å²) >= 11 is 3.20. The van der Waals surface area contributed by atoms with E-state index in [1.165, 1.54) is 12.1 Å².